The molecule has 0 aromatic heterocycles. The van der Waals surface area contributed by atoms with Crippen LogP contribution in [-0.2, 0) is 6.42 Å². The Morgan fingerprint density at radius 3 is 2.90 bits per heavy atom. The molecule has 3 N–H and O–H groups in total. The summed E-state index contributed by atoms with van der Waals surface area (Å²) in [7, 11) is 0. The average Bonchev–Trinajstić information content (AvgIpc) is 2.94. The molecule has 4 nitrogen and oxygen atoms in total. The highest BCUT2D eigenvalue weighted by atomic mass is 16.3. The van der Waals surface area contributed by atoms with Crippen molar-refractivity contribution >= 4 is 17.3 Å². The molecule has 2 aromatic rings. The molecule has 21 heavy (non-hydrogen) atoms. The number of para-hydroxylation sites is 1. The first-order chi connectivity index (χ1) is 10.1. The van der Waals surface area contributed by atoms with Gasteiger partial charge in [-0.2, -0.15) is 0 Å². The number of anilines is 2. The molecule has 1 aliphatic rings. The Morgan fingerprint density at radius 2 is 2.10 bits per heavy atom. The Labute approximate surface area is 123 Å². The molecule has 1 unspecified atom stereocenters. The van der Waals surface area contributed by atoms with Gasteiger partial charge in [-0.1, -0.05) is 24.3 Å². The van der Waals surface area contributed by atoms with Crippen molar-refractivity contribution in [2.75, 3.05) is 17.2 Å². The highest BCUT2D eigenvalue weighted by molar-refractivity contribution is 6.05. The van der Waals surface area contributed by atoms with Gasteiger partial charge in [0.1, 0.15) is 0 Å². The first-order valence-corrected chi connectivity index (χ1v) is 7.10. The topological polar surface area (TPSA) is 61.4 Å². The van der Waals surface area contributed by atoms with Crippen LogP contribution in [0.4, 0.5) is 11.4 Å². The minimum absolute atomic E-state index is 0.167. The van der Waals surface area contributed by atoms with Gasteiger partial charge >= 0.3 is 0 Å². The molecule has 0 radical (unpaired) electrons. The maximum Gasteiger partial charge on any atom is 0.255 e. The summed E-state index contributed by atoms with van der Waals surface area (Å²) in [5, 5.41) is 15.9. The summed E-state index contributed by atoms with van der Waals surface area (Å²) in [4.78, 5) is 12.4. The second-order valence-electron chi connectivity index (χ2n) is 5.27. The number of nitrogens with one attached hydrogen (secondary N) is 2. The van der Waals surface area contributed by atoms with Crippen LogP contribution in [0, 0.1) is 0 Å². The molecular weight excluding hydrogens is 264 g/mol. The molecular formula is C17H18N2O2. The van der Waals surface area contributed by atoms with Gasteiger partial charge in [-0.05, 0) is 37.1 Å². The molecule has 0 fully saturated rings. The van der Waals surface area contributed by atoms with E-state index in [4.69, 9.17) is 0 Å². The summed E-state index contributed by atoms with van der Waals surface area (Å²) in [6, 6.07) is 13.0. The molecule has 0 aliphatic carbocycles. The van der Waals surface area contributed by atoms with Crippen molar-refractivity contribution in [2.45, 2.75) is 19.4 Å². The fourth-order valence-corrected chi connectivity index (χ4v) is 2.60. The van der Waals surface area contributed by atoms with Gasteiger partial charge in [0, 0.05) is 29.0 Å². The third kappa shape index (κ3) is 2.76. The quantitative estimate of drug-likeness (QED) is 0.811. The lowest BCUT2D eigenvalue weighted by Gasteiger charge is -2.13. The van der Waals surface area contributed by atoms with Gasteiger partial charge in [-0.15, -0.1) is 0 Å². The summed E-state index contributed by atoms with van der Waals surface area (Å²) < 4.78 is 0. The number of amides is 1. The Morgan fingerprint density at radius 1 is 1.29 bits per heavy atom. The van der Waals surface area contributed by atoms with E-state index in [0.717, 1.165) is 18.7 Å². The number of hydrogen-bond donors (Lipinski definition) is 3. The SMILES string of the molecule is CC(O)c1ccccc1NC(=O)c1ccc2c(c1)NCC2. The maximum atomic E-state index is 12.4. The van der Waals surface area contributed by atoms with Crippen molar-refractivity contribution in [1.29, 1.82) is 0 Å². The van der Waals surface area contributed by atoms with E-state index in [1.807, 2.05) is 36.4 Å². The van der Waals surface area contributed by atoms with Crippen LogP contribution < -0.4 is 10.6 Å². The van der Waals surface area contributed by atoms with E-state index in [1.165, 1.54) is 5.56 Å². The van der Waals surface area contributed by atoms with Crippen LogP contribution in [-0.4, -0.2) is 17.6 Å². The Hall–Kier alpha value is -2.33. The fraction of sp³-hybridized carbons (Fsp3) is 0.235. The van der Waals surface area contributed by atoms with Crippen molar-refractivity contribution in [1.82, 2.24) is 0 Å². The van der Waals surface area contributed by atoms with Crippen molar-refractivity contribution < 1.29 is 9.90 Å². The average molecular weight is 282 g/mol. The van der Waals surface area contributed by atoms with Gasteiger partial charge in [0.25, 0.3) is 5.91 Å². The van der Waals surface area contributed by atoms with E-state index in [0.29, 0.717) is 16.8 Å². The van der Waals surface area contributed by atoms with Gasteiger partial charge in [-0.25, -0.2) is 0 Å². The first-order valence-electron chi connectivity index (χ1n) is 7.10. The largest absolute Gasteiger partial charge is 0.389 e. The maximum absolute atomic E-state index is 12.4. The highest BCUT2D eigenvalue weighted by Gasteiger charge is 2.15. The van der Waals surface area contributed by atoms with Gasteiger partial charge in [-0.3, -0.25) is 4.79 Å². The lowest BCUT2D eigenvalue weighted by atomic mass is 10.1. The molecule has 2 aromatic carbocycles. The molecule has 0 bridgehead atoms. The Kier molecular flexibility index (Phi) is 3.62. The third-order valence-electron chi connectivity index (χ3n) is 3.74. The fourth-order valence-electron chi connectivity index (χ4n) is 2.60. The Balaban J connectivity index is 1.84. The number of aliphatic hydroxyl groups excluding tert-OH is 1. The van der Waals surface area contributed by atoms with Crippen LogP contribution in [0.2, 0.25) is 0 Å². The minimum atomic E-state index is -0.622. The number of benzene rings is 2. The zero-order chi connectivity index (χ0) is 14.8. The minimum Gasteiger partial charge on any atom is -0.389 e. The van der Waals surface area contributed by atoms with Crippen LogP contribution in [0.1, 0.15) is 34.5 Å². The molecule has 108 valence electrons. The lowest BCUT2D eigenvalue weighted by molar-refractivity contribution is 0.102. The zero-order valence-electron chi connectivity index (χ0n) is 11.9. The number of carbonyl (C=O) groups excluding carboxylic acids is 1. The van der Waals surface area contributed by atoms with Gasteiger partial charge in [0.2, 0.25) is 0 Å². The van der Waals surface area contributed by atoms with E-state index >= 15 is 0 Å². The predicted molar refractivity (Wildman–Crippen MR) is 83.7 cm³/mol. The zero-order valence-corrected chi connectivity index (χ0v) is 11.9. The summed E-state index contributed by atoms with van der Waals surface area (Å²) >= 11 is 0. The number of carbonyl (C=O) groups is 1. The predicted octanol–water partition coefficient (Wildman–Crippen LogP) is 2.96. The Bertz CT molecular complexity index is 680. The summed E-state index contributed by atoms with van der Waals surface area (Å²) in [6.45, 7) is 2.61. The normalized spacial score (nSPS) is 14.2. The number of hydrogen-bond acceptors (Lipinski definition) is 3. The van der Waals surface area contributed by atoms with E-state index in [9.17, 15) is 9.90 Å². The van der Waals surface area contributed by atoms with Gasteiger partial charge in [0.05, 0.1) is 6.10 Å². The summed E-state index contributed by atoms with van der Waals surface area (Å²) in [5.41, 5.74) is 4.25. The van der Waals surface area contributed by atoms with Crippen molar-refractivity contribution in [3.63, 3.8) is 0 Å². The van der Waals surface area contributed by atoms with Crippen LogP contribution in [0.3, 0.4) is 0 Å². The van der Waals surface area contributed by atoms with Crippen molar-refractivity contribution in [3.8, 4) is 0 Å². The molecule has 1 aliphatic heterocycles. The van der Waals surface area contributed by atoms with Crippen molar-refractivity contribution in [2.24, 2.45) is 0 Å². The number of fused-ring (bicyclic) bond motifs is 1. The highest BCUT2D eigenvalue weighted by Crippen LogP contribution is 2.25. The molecule has 0 saturated heterocycles. The molecule has 0 spiro atoms. The molecule has 3 rings (SSSR count). The van der Waals surface area contributed by atoms with Gasteiger partial charge < -0.3 is 15.7 Å². The lowest BCUT2D eigenvalue weighted by Crippen LogP contribution is -2.14. The van der Waals surface area contributed by atoms with Crippen LogP contribution in [0.15, 0.2) is 42.5 Å². The smallest absolute Gasteiger partial charge is 0.255 e. The van der Waals surface area contributed by atoms with E-state index in [2.05, 4.69) is 10.6 Å². The monoisotopic (exact) mass is 282 g/mol. The second-order valence-corrected chi connectivity index (χ2v) is 5.27. The van der Waals surface area contributed by atoms with Crippen LogP contribution in [0.5, 0.6) is 0 Å². The molecule has 4 heteroatoms. The van der Waals surface area contributed by atoms with E-state index < -0.39 is 6.10 Å². The molecule has 1 heterocycles. The summed E-state index contributed by atoms with van der Waals surface area (Å²) in [5.74, 6) is -0.167. The third-order valence-corrected chi connectivity index (χ3v) is 3.74. The van der Waals surface area contributed by atoms with E-state index in [-0.39, 0.29) is 5.91 Å². The number of rotatable bonds is 3. The molecule has 1 atom stereocenters. The summed E-state index contributed by atoms with van der Waals surface area (Å²) in [6.07, 6.45) is 0.380. The second kappa shape index (κ2) is 5.58. The molecule has 0 saturated carbocycles. The van der Waals surface area contributed by atoms with Crippen LogP contribution in [0.25, 0.3) is 0 Å². The van der Waals surface area contributed by atoms with E-state index in [1.54, 1.807) is 13.0 Å². The molecule has 1 amide bonds. The van der Waals surface area contributed by atoms with Crippen LogP contribution >= 0.6 is 0 Å². The number of aliphatic hydroxyl groups is 1. The first kappa shape index (κ1) is 13.6. The van der Waals surface area contributed by atoms with Crippen molar-refractivity contribution in [3.05, 3.63) is 59.2 Å². The van der Waals surface area contributed by atoms with Gasteiger partial charge in [0.15, 0.2) is 0 Å². The standard InChI is InChI=1S/C17H18N2O2/c1-11(20)14-4-2-3-5-15(14)19-17(21)13-7-6-12-8-9-18-16(12)10-13/h2-7,10-11,18,20H,8-9H2,1H3,(H,19,21).